The average Bonchev–Trinajstić information content (AvgIpc) is 1.87. The van der Waals surface area contributed by atoms with Gasteiger partial charge in [0, 0.05) is 73.8 Å². The van der Waals surface area contributed by atoms with Crippen LogP contribution in [0.2, 0.25) is 0 Å². The van der Waals surface area contributed by atoms with Gasteiger partial charge in [-0.25, -0.2) is 8.42 Å². The number of hydrogen-bond acceptors (Lipinski definition) is 17. The first-order chi connectivity index (χ1) is 40.8. The smallest absolute Gasteiger partial charge is 0.746 e. The van der Waals surface area contributed by atoms with Gasteiger partial charge >= 0.3 is 29.6 Å². The maximum absolute atomic E-state index is 14.3. The summed E-state index contributed by atoms with van der Waals surface area (Å²) in [7, 11) is -2.21. The normalized spacial score (nSPS) is 17.7. The molecule has 6 N–H and O–H groups in total. The molecular formula is C60H62N9NaO15S. The number of rotatable bonds is 22. The quantitative estimate of drug-likeness (QED) is 0.0246. The van der Waals surface area contributed by atoms with Crippen LogP contribution in [0.25, 0.3) is 0 Å². The Kier molecular flexibility index (Phi) is 19.1. The topological polar surface area (TPSA) is 313 Å². The van der Waals surface area contributed by atoms with Gasteiger partial charge in [0.15, 0.2) is 23.0 Å². The Balaban J connectivity index is 0.00000884. The number of carbonyl (C=O) groups is 8. The van der Waals surface area contributed by atoms with E-state index in [0.717, 1.165) is 28.3 Å². The van der Waals surface area contributed by atoms with Gasteiger partial charge in [-0.15, -0.1) is 0 Å². The summed E-state index contributed by atoms with van der Waals surface area (Å²) in [5.41, 5.74) is 5.37. The molecule has 10 rings (SSSR count). The number of ether oxygens (including phenoxy) is 4. The fourth-order valence-corrected chi connectivity index (χ4v) is 11.9. The number of amides is 8. The van der Waals surface area contributed by atoms with Crippen molar-refractivity contribution >= 4 is 85.8 Å². The number of anilines is 5. The monoisotopic (exact) mass is 1200 g/mol. The second-order valence-corrected chi connectivity index (χ2v) is 22.6. The number of fused-ring (bicyclic) bond motifs is 8. The van der Waals surface area contributed by atoms with E-state index in [-0.39, 0.29) is 127 Å². The predicted octanol–water partition coefficient (Wildman–Crippen LogP) is 1.28. The molecule has 0 fully saturated rings. The minimum absolute atomic E-state index is 0. The van der Waals surface area contributed by atoms with Crippen molar-refractivity contribution in [3.8, 4) is 23.0 Å². The molecule has 8 amide bonds. The second kappa shape index (κ2) is 26.4. The number of para-hydroxylation sites is 2. The van der Waals surface area contributed by atoms with E-state index in [1.807, 2.05) is 24.3 Å². The number of benzene rings is 5. The van der Waals surface area contributed by atoms with Crippen LogP contribution in [-0.4, -0.2) is 129 Å². The summed E-state index contributed by atoms with van der Waals surface area (Å²) in [5.74, 6) is -2.91. The summed E-state index contributed by atoms with van der Waals surface area (Å²) in [5, 5.41) is 15.3. The molecule has 5 aliphatic heterocycles. The maximum atomic E-state index is 14.3. The van der Waals surface area contributed by atoms with Crippen molar-refractivity contribution in [2.24, 2.45) is 0 Å². The minimum atomic E-state index is -5.04. The second-order valence-electron chi connectivity index (χ2n) is 21.1. The number of imide groups is 1. The van der Waals surface area contributed by atoms with Gasteiger partial charge in [0.25, 0.3) is 23.6 Å². The summed E-state index contributed by atoms with van der Waals surface area (Å²) in [4.78, 5) is 108. The number of nitrogens with zero attached hydrogens (tertiary/aromatic N) is 3. The maximum Gasteiger partial charge on any atom is 1.00 e. The van der Waals surface area contributed by atoms with Crippen LogP contribution < -0.4 is 90.2 Å². The molecule has 444 valence electrons. The molecule has 26 heteroatoms. The van der Waals surface area contributed by atoms with E-state index in [4.69, 9.17) is 18.9 Å². The molecule has 0 saturated carbocycles. The number of hydrogen-bond donors (Lipinski definition) is 6. The first-order valence-electron chi connectivity index (χ1n) is 27.6. The van der Waals surface area contributed by atoms with E-state index in [0.29, 0.717) is 65.2 Å². The van der Waals surface area contributed by atoms with Gasteiger partial charge in [-0.2, -0.15) is 0 Å². The molecule has 86 heavy (non-hydrogen) atoms. The van der Waals surface area contributed by atoms with Crippen LogP contribution in [-0.2, 0) is 64.9 Å². The van der Waals surface area contributed by atoms with Crippen molar-refractivity contribution in [1.29, 1.82) is 0 Å². The third kappa shape index (κ3) is 13.5. The van der Waals surface area contributed by atoms with Crippen molar-refractivity contribution in [1.82, 2.24) is 20.9 Å². The van der Waals surface area contributed by atoms with Crippen LogP contribution in [0.3, 0.4) is 0 Å². The van der Waals surface area contributed by atoms with E-state index in [2.05, 4.69) is 31.9 Å². The van der Waals surface area contributed by atoms with E-state index < -0.39 is 69.1 Å². The summed E-state index contributed by atoms with van der Waals surface area (Å²) >= 11 is 0. The van der Waals surface area contributed by atoms with Gasteiger partial charge in [-0.1, -0.05) is 36.4 Å². The van der Waals surface area contributed by atoms with Crippen LogP contribution in [0.4, 0.5) is 28.4 Å². The molecule has 0 spiro atoms. The fourth-order valence-electron chi connectivity index (χ4n) is 11.1. The van der Waals surface area contributed by atoms with E-state index in [9.17, 15) is 51.3 Å². The van der Waals surface area contributed by atoms with E-state index >= 15 is 0 Å². The van der Waals surface area contributed by atoms with Crippen LogP contribution in [0.5, 0.6) is 23.0 Å². The SMILES string of the molecule is COc1cc2c(cc1OCc1cc(COc3cc4c(cc3OC)C(=O)N3c5ccccc5C[C@H]3C(S(=O)(=O)[O-])N4)cc(NC(=O)[C@H](C)NC(=O)[C@H](C)NC(=O)CCCCC(=O)NCCN3C(=O)C=CC3=O)c1)NC[C@@H]1Cc3ccccc3N1C2=O.[Na+]. The van der Waals surface area contributed by atoms with Crippen molar-refractivity contribution in [3.05, 3.63) is 137 Å². The molecule has 0 bridgehead atoms. The summed E-state index contributed by atoms with van der Waals surface area (Å²) < 4.78 is 62.9. The van der Waals surface area contributed by atoms with Crippen LogP contribution in [0.15, 0.2) is 103 Å². The molecule has 0 saturated heterocycles. The molecule has 5 aliphatic rings. The zero-order chi connectivity index (χ0) is 60.3. The molecule has 1 unspecified atom stereocenters. The third-order valence-electron chi connectivity index (χ3n) is 15.3. The first-order valence-corrected chi connectivity index (χ1v) is 29.1. The largest absolute Gasteiger partial charge is 1.00 e. The first kappa shape index (κ1) is 62.1. The van der Waals surface area contributed by atoms with E-state index in [1.165, 1.54) is 45.1 Å². The molecule has 5 atom stereocenters. The zero-order valence-corrected chi connectivity index (χ0v) is 50.7. The molecule has 5 aromatic carbocycles. The van der Waals surface area contributed by atoms with Gasteiger partial charge < -0.3 is 65.2 Å². The predicted molar refractivity (Wildman–Crippen MR) is 309 cm³/mol. The Bertz CT molecular complexity index is 3680. The Labute approximate surface area is 517 Å². The summed E-state index contributed by atoms with van der Waals surface area (Å²) in [6.45, 7) is 3.20. The Morgan fingerprint density at radius 2 is 1.22 bits per heavy atom. The molecule has 0 radical (unpaired) electrons. The van der Waals surface area contributed by atoms with Crippen LogP contribution in [0.1, 0.15) is 82.5 Å². The Morgan fingerprint density at radius 3 is 1.84 bits per heavy atom. The van der Waals surface area contributed by atoms with Crippen molar-refractivity contribution in [2.45, 2.75) is 95.1 Å². The van der Waals surface area contributed by atoms with Gasteiger partial charge in [-0.3, -0.25) is 43.3 Å². The molecule has 0 aromatic heterocycles. The Hall–Kier alpha value is -8.49. The Morgan fingerprint density at radius 1 is 0.674 bits per heavy atom. The third-order valence-corrected chi connectivity index (χ3v) is 16.4. The number of carbonyl (C=O) groups excluding carboxylic acids is 8. The molecular weight excluding hydrogens is 1140 g/mol. The van der Waals surface area contributed by atoms with Gasteiger partial charge in [0.05, 0.1) is 48.8 Å². The number of unbranched alkanes of at least 4 members (excludes halogenated alkanes) is 1. The van der Waals surface area contributed by atoms with Crippen LogP contribution >= 0.6 is 0 Å². The van der Waals surface area contributed by atoms with Crippen molar-refractivity contribution < 1.29 is 99.8 Å². The van der Waals surface area contributed by atoms with E-state index in [1.54, 1.807) is 59.5 Å². The van der Waals surface area contributed by atoms with Crippen molar-refractivity contribution in [3.63, 3.8) is 0 Å². The molecule has 0 aliphatic carbocycles. The molecule has 5 heterocycles. The standard InChI is InChI=1S/C60H63N9O15S.Na/c1-33(63-53(71)16-10-9-15-52(70)61-19-20-67-54(72)17-18-55(67)73)56(74)64-34(2)57(75)65-39-22-35(31-83-50-28-43-41(26-48(50)81-3)59(76)68-40(30-62-43)24-37-11-5-7-13-45(37)68)21-36(23-39)32-84-51-29-44-42(27-49(51)82-4)60(77)69-46-14-8-6-12-38(46)25-47(69)58(66-44)85(78,79)80;/h5-8,11-14,17-18,21-23,26-29,33-34,40,47,58,62,66H,9-10,15-16,19-20,24-25,30-32H2,1-4H3,(H,61,70)(H,63,71)(H,64,74)(H,65,75)(H,78,79,80);/q;+1/p-1/t33-,34-,40-,47-,58?;/m0./s1. The average molecular weight is 1200 g/mol. The molecule has 24 nitrogen and oxygen atoms in total. The minimum Gasteiger partial charge on any atom is -0.746 e. The number of nitrogens with one attached hydrogen (secondary N) is 6. The number of methoxy groups -OCH3 is 2. The van der Waals surface area contributed by atoms with Crippen molar-refractivity contribution in [2.75, 3.05) is 59.6 Å². The summed E-state index contributed by atoms with van der Waals surface area (Å²) in [6.07, 6.45) is 3.92. The van der Waals surface area contributed by atoms with Gasteiger partial charge in [0.2, 0.25) is 23.6 Å². The van der Waals surface area contributed by atoms with Gasteiger partial charge in [0.1, 0.15) is 40.8 Å². The van der Waals surface area contributed by atoms with Gasteiger partial charge in [-0.05, 0) is 104 Å². The molecule has 5 aromatic rings. The fraction of sp³-hybridized carbons (Fsp3) is 0.333. The zero-order valence-electron chi connectivity index (χ0n) is 47.9. The summed E-state index contributed by atoms with van der Waals surface area (Å²) in [6, 6.07) is 22.6. The van der Waals surface area contributed by atoms with Crippen LogP contribution in [0, 0.1) is 0 Å².